The molecular formula is C22H28O8. The smallest absolute Gasteiger partial charge is 0.337 e. The Balaban J connectivity index is 1.87. The molecule has 5 rings (SSSR count). The number of hydrogen-bond donors (Lipinski definition) is 1. The van der Waals surface area contributed by atoms with Crippen molar-refractivity contribution in [1.82, 2.24) is 0 Å². The van der Waals surface area contributed by atoms with Crippen molar-refractivity contribution in [2.24, 2.45) is 17.3 Å². The van der Waals surface area contributed by atoms with Crippen LogP contribution < -0.4 is 0 Å². The van der Waals surface area contributed by atoms with E-state index in [0.717, 1.165) is 0 Å². The standard InChI is InChI=1S/C22H28O8/c1-10(2)17(24)29-13-7-20(4)16-14(28-11(3)23)8-21(5,26)19(20)22(16)15(13)12(9-27-6)18(25)30-22/h13-14,16,19,26H,1,7-9H2,2-6H3. The lowest BCUT2D eigenvalue weighted by Gasteiger charge is -2.77. The van der Waals surface area contributed by atoms with E-state index in [1.165, 1.54) is 14.0 Å². The lowest BCUT2D eigenvalue weighted by Crippen LogP contribution is -2.85. The Morgan fingerprint density at radius 3 is 2.47 bits per heavy atom. The van der Waals surface area contributed by atoms with E-state index in [9.17, 15) is 19.5 Å². The molecule has 7 atom stereocenters. The summed E-state index contributed by atoms with van der Waals surface area (Å²) in [5, 5.41) is 11.4. The number of carbonyl (C=O) groups is 3. The molecule has 0 amide bonds. The molecule has 7 unspecified atom stereocenters. The van der Waals surface area contributed by atoms with E-state index in [2.05, 4.69) is 6.58 Å². The number of esters is 3. The van der Waals surface area contributed by atoms with E-state index in [-0.39, 0.29) is 24.5 Å². The first-order valence-corrected chi connectivity index (χ1v) is 10.1. The van der Waals surface area contributed by atoms with Gasteiger partial charge in [-0.1, -0.05) is 13.5 Å². The van der Waals surface area contributed by atoms with Crippen molar-refractivity contribution < 1.29 is 38.4 Å². The minimum absolute atomic E-state index is 0.00638. The van der Waals surface area contributed by atoms with Gasteiger partial charge in [0.15, 0.2) is 5.60 Å². The van der Waals surface area contributed by atoms with Crippen LogP contribution in [-0.2, 0) is 33.3 Å². The monoisotopic (exact) mass is 420 g/mol. The summed E-state index contributed by atoms with van der Waals surface area (Å²) in [5.74, 6) is -2.33. The molecule has 8 nitrogen and oxygen atoms in total. The predicted octanol–water partition coefficient (Wildman–Crippen LogP) is 1.46. The van der Waals surface area contributed by atoms with Gasteiger partial charge in [0.05, 0.1) is 17.8 Å². The molecule has 5 aliphatic rings. The highest BCUT2D eigenvalue weighted by molar-refractivity contribution is 5.95. The van der Waals surface area contributed by atoms with Crippen LogP contribution in [0.15, 0.2) is 23.3 Å². The second-order valence-electron chi connectivity index (χ2n) is 9.51. The molecule has 1 N–H and O–H groups in total. The fraction of sp³-hybridized carbons (Fsp3) is 0.682. The SMILES string of the molecule is C=C(C)C(=O)OC1CC2(C)C3C(OC(C)=O)CC(C)(O)C2C32OC(=O)C(COC)=C12. The third-order valence-corrected chi connectivity index (χ3v) is 7.27. The number of carbonyl (C=O) groups excluding carboxylic acids is 3. The van der Waals surface area contributed by atoms with Crippen molar-refractivity contribution in [3.05, 3.63) is 23.3 Å². The summed E-state index contributed by atoms with van der Waals surface area (Å²) in [4.78, 5) is 37.0. The first-order valence-electron chi connectivity index (χ1n) is 10.1. The first kappa shape index (κ1) is 21.1. The van der Waals surface area contributed by atoms with E-state index in [1.807, 2.05) is 6.92 Å². The van der Waals surface area contributed by atoms with Crippen LogP contribution in [0.4, 0.5) is 0 Å². The van der Waals surface area contributed by atoms with E-state index >= 15 is 0 Å². The van der Waals surface area contributed by atoms with Crippen molar-refractivity contribution in [3.8, 4) is 0 Å². The number of hydrogen-bond acceptors (Lipinski definition) is 8. The summed E-state index contributed by atoms with van der Waals surface area (Å²) in [6.07, 6.45) is -0.721. The maximum Gasteiger partial charge on any atom is 0.337 e. The van der Waals surface area contributed by atoms with Gasteiger partial charge in [-0.2, -0.15) is 0 Å². The van der Waals surface area contributed by atoms with Crippen LogP contribution in [0.25, 0.3) is 0 Å². The van der Waals surface area contributed by atoms with Crippen LogP contribution in [0.2, 0.25) is 0 Å². The summed E-state index contributed by atoms with van der Waals surface area (Å²) >= 11 is 0. The first-order chi connectivity index (χ1) is 13.9. The Morgan fingerprint density at radius 2 is 1.90 bits per heavy atom. The molecular weight excluding hydrogens is 392 g/mol. The van der Waals surface area contributed by atoms with Crippen molar-refractivity contribution in [2.75, 3.05) is 13.7 Å². The second-order valence-corrected chi connectivity index (χ2v) is 9.51. The van der Waals surface area contributed by atoms with Crippen LogP contribution in [0.1, 0.15) is 40.5 Å². The molecule has 0 aromatic heterocycles. The van der Waals surface area contributed by atoms with Gasteiger partial charge >= 0.3 is 17.9 Å². The molecule has 8 heteroatoms. The summed E-state index contributed by atoms with van der Waals surface area (Å²) in [5.41, 5.74) is -1.93. The Labute approximate surface area is 175 Å². The second kappa shape index (κ2) is 6.40. The molecule has 1 spiro atoms. The maximum atomic E-state index is 12.9. The Kier molecular flexibility index (Phi) is 4.50. The summed E-state index contributed by atoms with van der Waals surface area (Å²) in [7, 11) is 1.47. The van der Waals surface area contributed by atoms with E-state index in [1.54, 1.807) is 13.8 Å². The van der Waals surface area contributed by atoms with Crippen molar-refractivity contribution in [2.45, 2.75) is 63.9 Å². The van der Waals surface area contributed by atoms with Gasteiger partial charge in [0.25, 0.3) is 0 Å². The zero-order valence-corrected chi connectivity index (χ0v) is 17.9. The number of rotatable bonds is 5. The zero-order chi connectivity index (χ0) is 22.2. The van der Waals surface area contributed by atoms with Crippen LogP contribution >= 0.6 is 0 Å². The fourth-order valence-corrected chi connectivity index (χ4v) is 6.95. The average molecular weight is 420 g/mol. The third kappa shape index (κ3) is 2.49. The summed E-state index contributed by atoms with van der Waals surface area (Å²) in [6, 6.07) is 0. The topological polar surface area (TPSA) is 108 Å². The molecule has 4 bridgehead atoms. The molecule has 164 valence electrons. The van der Waals surface area contributed by atoms with Gasteiger partial charge in [-0.05, 0) is 25.7 Å². The van der Waals surface area contributed by atoms with E-state index < -0.39 is 52.7 Å². The number of aliphatic hydroxyl groups is 1. The molecule has 1 aliphatic heterocycles. The highest BCUT2D eigenvalue weighted by Gasteiger charge is 2.87. The molecule has 0 radical (unpaired) electrons. The van der Waals surface area contributed by atoms with Crippen LogP contribution in [0.5, 0.6) is 0 Å². The Hall–Kier alpha value is -2.19. The summed E-state index contributed by atoms with van der Waals surface area (Å²) in [6.45, 7) is 10.2. The van der Waals surface area contributed by atoms with Crippen molar-refractivity contribution in [3.63, 3.8) is 0 Å². The third-order valence-electron chi connectivity index (χ3n) is 7.27. The number of ether oxygens (including phenoxy) is 4. The minimum Gasteiger partial charge on any atom is -0.462 e. The van der Waals surface area contributed by atoms with Gasteiger partial charge in [-0.15, -0.1) is 0 Å². The van der Waals surface area contributed by atoms with Crippen LogP contribution in [0.3, 0.4) is 0 Å². The molecule has 4 saturated carbocycles. The molecule has 0 aromatic carbocycles. The number of fused-ring (bicyclic) bond motifs is 1. The number of methoxy groups -OCH3 is 1. The molecule has 30 heavy (non-hydrogen) atoms. The van der Waals surface area contributed by atoms with Gasteiger partial charge < -0.3 is 24.1 Å². The fourth-order valence-electron chi connectivity index (χ4n) is 6.95. The molecule has 4 aliphatic carbocycles. The molecule has 1 heterocycles. The minimum atomic E-state index is -1.25. The quantitative estimate of drug-likeness (QED) is 0.405. The van der Waals surface area contributed by atoms with Crippen LogP contribution in [-0.4, -0.2) is 60.1 Å². The van der Waals surface area contributed by atoms with E-state index in [4.69, 9.17) is 18.9 Å². The van der Waals surface area contributed by atoms with Gasteiger partial charge in [0.2, 0.25) is 0 Å². The lowest BCUT2D eigenvalue weighted by molar-refractivity contribution is -0.362. The van der Waals surface area contributed by atoms with Crippen molar-refractivity contribution in [1.29, 1.82) is 0 Å². The van der Waals surface area contributed by atoms with Crippen molar-refractivity contribution >= 4 is 17.9 Å². The van der Waals surface area contributed by atoms with Gasteiger partial charge in [-0.25, -0.2) is 9.59 Å². The maximum absolute atomic E-state index is 12.9. The predicted molar refractivity (Wildman–Crippen MR) is 103 cm³/mol. The largest absolute Gasteiger partial charge is 0.462 e. The highest BCUT2D eigenvalue weighted by Crippen LogP contribution is 2.78. The van der Waals surface area contributed by atoms with E-state index in [0.29, 0.717) is 17.6 Å². The zero-order valence-electron chi connectivity index (χ0n) is 17.9. The lowest BCUT2D eigenvalue weighted by atomic mass is 9.30. The molecule has 0 saturated heterocycles. The van der Waals surface area contributed by atoms with Gasteiger partial charge in [0, 0.05) is 43.4 Å². The van der Waals surface area contributed by atoms with Gasteiger partial charge in [0.1, 0.15) is 12.2 Å². The molecule has 0 aromatic rings. The van der Waals surface area contributed by atoms with Gasteiger partial charge in [-0.3, -0.25) is 4.79 Å². The van der Waals surface area contributed by atoms with Crippen LogP contribution in [0, 0.1) is 17.3 Å². The highest BCUT2D eigenvalue weighted by atomic mass is 16.6. The Morgan fingerprint density at radius 1 is 1.23 bits per heavy atom. The molecule has 4 fully saturated rings. The normalized spacial score (nSPS) is 43.3. The Bertz CT molecular complexity index is 886. The average Bonchev–Trinajstić information content (AvgIpc) is 2.86. The summed E-state index contributed by atoms with van der Waals surface area (Å²) < 4.78 is 22.5.